The van der Waals surface area contributed by atoms with Crippen LogP contribution in [0.3, 0.4) is 0 Å². The van der Waals surface area contributed by atoms with E-state index in [2.05, 4.69) is 5.32 Å². The molecular weight excluding hydrogens is 245 g/mol. The number of alkyl halides is 3. The van der Waals surface area contributed by atoms with E-state index >= 15 is 0 Å². The van der Waals surface area contributed by atoms with Gasteiger partial charge in [0.1, 0.15) is 11.6 Å². The molecule has 1 N–H and O–H groups in total. The lowest BCUT2D eigenvalue weighted by atomic mass is 10.3. The molecule has 0 radical (unpaired) electrons. The molecule has 0 atom stereocenters. The summed E-state index contributed by atoms with van der Waals surface area (Å²) in [6.45, 7) is 0. The number of carbonyl (C=O) groups excluding carboxylic acids is 1. The molecule has 0 aliphatic carbocycles. The third-order valence-corrected chi connectivity index (χ3v) is 1.68. The number of hydrogen-bond donors (Lipinski definition) is 1. The lowest BCUT2D eigenvalue weighted by Gasteiger charge is -2.03. The number of nitrogens with one attached hydrogen (secondary N) is 1. The number of rotatable bonds is 3. The van der Waals surface area contributed by atoms with Gasteiger partial charge < -0.3 is 5.32 Å². The molecule has 2 nitrogen and oxygen atoms in total. The van der Waals surface area contributed by atoms with E-state index in [1.165, 1.54) is 0 Å². The van der Waals surface area contributed by atoms with E-state index < -0.39 is 23.6 Å². The maximum atomic E-state index is 13.0. The Labute approximate surface area is 92.7 Å². The minimum Gasteiger partial charge on any atom is -0.359 e. The summed E-state index contributed by atoms with van der Waals surface area (Å²) in [5, 5.41) is 2.10. The Hall–Kier alpha value is -1.92. The van der Waals surface area contributed by atoms with Gasteiger partial charge in [0.2, 0.25) is 0 Å². The van der Waals surface area contributed by atoms with E-state index in [4.69, 9.17) is 0 Å². The SMILES string of the molecule is O=C(/C=C/Nc1ccc(F)cc1F)C(F)(F)F. The van der Waals surface area contributed by atoms with Crippen molar-refractivity contribution in [2.75, 3.05) is 5.32 Å². The maximum absolute atomic E-state index is 13.0. The van der Waals surface area contributed by atoms with E-state index in [0.717, 1.165) is 12.1 Å². The molecule has 0 amide bonds. The molecule has 0 fully saturated rings. The number of carbonyl (C=O) groups is 1. The number of halogens is 5. The van der Waals surface area contributed by atoms with Gasteiger partial charge in [0, 0.05) is 18.3 Å². The summed E-state index contributed by atoms with van der Waals surface area (Å²) in [5.74, 6) is -3.87. The summed E-state index contributed by atoms with van der Waals surface area (Å²) in [5.41, 5.74) is -0.238. The minimum atomic E-state index is -4.97. The van der Waals surface area contributed by atoms with E-state index in [9.17, 15) is 26.7 Å². The predicted molar refractivity (Wildman–Crippen MR) is 50.2 cm³/mol. The zero-order valence-electron chi connectivity index (χ0n) is 8.18. The van der Waals surface area contributed by atoms with Gasteiger partial charge in [0.25, 0.3) is 5.78 Å². The fourth-order valence-electron chi connectivity index (χ4n) is 0.908. The van der Waals surface area contributed by atoms with Gasteiger partial charge in [-0.1, -0.05) is 0 Å². The van der Waals surface area contributed by atoms with Crippen LogP contribution in [0.1, 0.15) is 0 Å². The highest BCUT2D eigenvalue weighted by molar-refractivity contribution is 5.94. The van der Waals surface area contributed by atoms with Crippen molar-refractivity contribution < 1.29 is 26.7 Å². The van der Waals surface area contributed by atoms with Crippen molar-refractivity contribution >= 4 is 11.5 Å². The predicted octanol–water partition coefficient (Wildman–Crippen LogP) is 3.02. The third-order valence-electron chi connectivity index (χ3n) is 1.68. The van der Waals surface area contributed by atoms with Crippen LogP contribution in [-0.2, 0) is 4.79 Å². The Balaban J connectivity index is 2.68. The number of anilines is 1. The van der Waals surface area contributed by atoms with Crippen LogP contribution < -0.4 is 5.32 Å². The smallest absolute Gasteiger partial charge is 0.359 e. The molecule has 0 aliphatic rings. The Bertz CT molecular complexity index is 452. The first kappa shape index (κ1) is 13.1. The van der Waals surface area contributed by atoms with E-state index in [-0.39, 0.29) is 11.8 Å². The Morgan fingerprint density at radius 2 is 1.88 bits per heavy atom. The molecule has 0 unspecified atom stereocenters. The zero-order valence-corrected chi connectivity index (χ0v) is 8.18. The Morgan fingerprint density at radius 3 is 2.41 bits per heavy atom. The second-order valence-corrected chi connectivity index (χ2v) is 2.96. The fraction of sp³-hybridized carbons (Fsp3) is 0.100. The van der Waals surface area contributed by atoms with Gasteiger partial charge in [-0.3, -0.25) is 4.79 Å². The summed E-state index contributed by atoms with van der Waals surface area (Å²) >= 11 is 0. The number of ketones is 1. The molecule has 0 saturated carbocycles. The van der Waals surface area contributed by atoms with E-state index in [0.29, 0.717) is 12.3 Å². The monoisotopic (exact) mass is 251 g/mol. The minimum absolute atomic E-state index is 0.211. The van der Waals surface area contributed by atoms with Gasteiger partial charge in [-0.05, 0) is 12.1 Å². The van der Waals surface area contributed by atoms with Crippen LogP contribution in [0.4, 0.5) is 27.6 Å². The van der Waals surface area contributed by atoms with E-state index in [1.807, 2.05) is 0 Å². The summed E-state index contributed by atoms with van der Waals surface area (Å²) in [6.07, 6.45) is -4.13. The van der Waals surface area contributed by atoms with Crippen molar-refractivity contribution in [3.05, 3.63) is 42.1 Å². The van der Waals surface area contributed by atoms with Crippen molar-refractivity contribution in [2.24, 2.45) is 0 Å². The Morgan fingerprint density at radius 1 is 1.24 bits per heavy atom. The van der Waals surface area contributed by atoms with E-state index in [1.54, 1.807) is 0 Å². The van der Waals surface area contributed by atoms with Crippen LogP contribution in [0.15, 0.2) is 30.5 Å². The first-order valence-electron chi connectivity index (χ1n) is 4.30. The van der Waals surface area contributed by atoms with Crippen LogP contribution in [0.2, 0.25) is 0 Å². The lowest BCUT2D eigenvalue weighted by molar-refractivity contribution is -0.165. The quantitative estimate of drug-likeness (QED) is 0.660. The highest BCUT2D eigenvalue weighted by Gasteiger charge is 2.35. The van der Waals surface area contributed by atoms with Crippen LogP contribution in [-0.4, -0.2) is 12.0 Å². The maximum Gasteiger partial charge on any atom is 0.454 e. The van der Waals surface area contributed by atoms with Gasteiger partial charge in [0.15, 0.2) is 0 Å². The molecule has 1 aromatic rings. The van der Waals surface area contributed by atoms with Crippen molar-refractivity contribution in [3.63, 3.8) is 0 Å². The first-order valence-corrected chi connectivity index (χ1v) is 4.30. The highest BCUT2D eigenvalue weighted by atomic mass is 19.4. The molecule has 1 rings (SSSR count). The molecule has 17 heavy (non-hydrogen) atoms. The largest absolute Gasteiger partial charge is 0.454 e. The number of hydrogen-bond acceptors (Lipinski definition) is 2. The van der Waals surface area contributed by atoms with Crippen molar-refractivity contribution in [2.45, 2.75) is 6.18 Å². The molecule has 0 saturated heterocycles. The molecule has 0 aliphatic heterocycles. The van der Waals surface area contributed by atoms with Crippen LogP contribution in [0.5, 0.6) is 0 Å². The van der Waals surface area contributed by atoms with Crippen LogP contribution in [0.25, 0.3) is 0 Å². The average molecular weight is 251 g/mol. The second-order valence-electron chi connectivity index (χ2n) is 2.96. The normalized spacial score (nSPS) is 11.8. The summed E-state index contributed by atoms with van der Waals surface area (Å²) in [6, 6.07) is 2.47. The molecule has 92 valence electrons. The number of allylic oxidation sites excluding steroid dienone is 1. The summed E-state index contributed by atoms with van der Waals surface area (Å²) in [7, 11) is 0. The molecule has 0 heterocycles. The van der Waals surface area contributed by atoms with Crippen LogP contribution >= 0.6 is 0 Å². The lowest BCUT2D eigenvalue weighted by Crippen LogP contribution is -2.20. The zero-order chi connectivity index (χ0) is 13.1. The standard InChI is InChI=1S/C10H6F5NO/c11-6-1-2-8(7(12)5-6)16-4-3-9(17)10(13,14)15/h1-5,16H/b4-3+. The summed E-state index contributed by atoms with van der Waals surface area (Å²) < 4.78 is 60.7. The average Bonchev–Trinajstić information content (AvgIpc) is 2.19. The Kier molecular flexibility index (Phi) is 3.82. The van der Waals surface area contributed by atoms with Gasteiger partial charge >= 0.3 is 6.18 Å². The molecular formula is C10H6F5NO. The molecule has 0 aromatic heterocycles. The highest BCUT2D eigenvalue weighted by Crippen LogP contribution is 2.17. The van der Waals surface area contributed by atoms with Gasteiger partial charge in [0.05, 0.1) is 5.69 Å². The molecule has 7 heteroatoms. The second kappa shape index (κ2) is 4.94. The fourth-order valence-corrected chi connectivity index (χ4v) is 0.908. The van der Waals surface area contributed by atoms with Gasteiger partial charge in [-0.15, -0.1) is 0 Å². The van der Waals surface area contributed by atoms with Gasteiger partial charge in [-0.2, -0.15) is 13.2 Å². The summed E-state index contributed by atoms with van der Waals surface area (Å²) in [4.78, 5) is 10.4. The van der Waals surface area contributed by atoms with Crippen molar-refractivity contribution in [1.82, 2.24) is 0 Å². The van der Waals surface area contributed by atoms with Crippen molar-refractivity contribution in [1.29, 1.82) is 0 Å². The topological polar surface area (TPSA) is 29.1 Å². The molecule has 0 bridgehead atoms. The number of benzene rings is 1. The van der Waals surface area contributed by atoms with Crippen LogP contribution in [0, 0.1) is 11.6 Å². The third kappa shape index (κ3) is 3.86. The molecule has 0 spiro atoms. The van der Waals surface area contributed by atoms with Crippen molar-refractivity contribution in [3.8, 4) is 0 Å². The first-order chi connectivity index (χ1) is 7.80. The molecule has 1 aromatic carbocycles. The van der Waals surface area contributed by atoms with Gasteiger partial charge in [-0.25, -0.2) is 8.78 Å².